The van der Waals surface area contributed by atoms with Gasteiger partial charge < -0.3 is 17.7 Å². The minimum Gasteiger partial charge on any atom is -1.00 e. The molecular formula is C13H14ClFN4O3. The summed E-state index contributed by atoms with van der Waals surface area (Å²) < 4.78 is 15.5. The van der Waals surface area contributed by atoms with Crippen molar-refractivity contribution in [1.82, 2.24) is 14.9 Å². The second kappa shape index (κ2) is 8.08. The van der Waals surface area contributed by atoms with Gasteiger partial charge in [-0.3, -0.25) is 9.78 Å². The fraction of sp³-hybridized carbons (Fsp3) is 0.231. The van der Waals surface area contributed by atoms with Crippen LogP contribution in [0.5, 0.6) is 0 Å². The highest BCUT2D eigenvalue weighted by molar-refractivity contribution is 5.76. The van der Waals surface area contributed by atoms with Crippen LogP contribution in [-0.2, 0) is 6.54 Å². The first-order valence-electron chi connectivity index (χ1n) is 6.31. The van der Waals surface area contributed by atoms with Gasteiger partial charge in [-0.1, -0.05) is 6.07 Å². The number of halogens is 2. The number of H-pyrrole nitrogens is 1. The predicted molar refractivity (Wildman–Crippen MR) is 71.3 cm³/mol. The standard InChI is InChI=1S/C13H13FN4O3.ClH/c14-10-9-18(13(21)16-11(10)19)12(20)15-5-4-8-17-6-2-1-3-7-17;/h1-3,6-7,9H,4-5,8H2,(H-,15,16,19,20,21);1H. The first kappa shape index (κ1) is 17.6. The fourth-order valence-electron chi connectivity index (χ4n) is 1.72. The van der Waals surface area contributed by atoms with Gasteiger partial charge in [-0.15, -0.1) is 0 Å². The SMILES string of the molecule is O=C(NCCC[n+]1ccccc1)n1cc(F)c(=O)[nH]c1=O.[Cl-]. The molecule has 0 fully saturated rings. The summed E-state index contributed by atoms with van der Waals surface area (Å²) in [4.78, 5) is 35.6. The summed E-state index contributed by atoms with van der Waals surface area (Å²) in [6.45, 7) is 1.00. The lowest BCUT2D eigenvalue weighted by Gasteiger charge is -2.05. The smallest absolute Gasteiger partial charge is 0.336 e. The third-order valence-corrected chi connectivity index (χ3v) is 2.76. The lowest BCUT2D eigenvalue weighted by molar-refractivity contribution is -0.697. The molecule has 0 atom stereocenters. The van der Waals surface area contributed by atoms with E-state index in [4.69, 9.17) is 0 Å². The van der Waals surface area contributed by atoms with Gasteiger partial charge in [0.2, 0.25) is 5.82 Å². The number of nitrogens with zero attached hydrogens (tertiary/aromatic N) is 2. The van der Waals surface area contributed by atoms with Gasteiger partial charge in [0.25, 0.3) is 5.56 Å². The zero-order valence-electron chi connectivity index (χ0n) is 11.5. The van der Waals surface area contributed by atoms with E-state index in [-0.39, 0.29) is 12.4 Å². The highest BCUT2D eigenvalue weighted by Crippen LogP contribution is 1.85. The van der Waals surface area contributed by atoms with Gasteiger partial charge in [-0.2, -0.15) is 4.39 Å². The van der Waals surface area contributed by atoms with Crippen molar-refractivity contribution in [2.24, 2.45) is 0 Å². The number of pyridine rings is 1. The van der Waals surface area contributed by atoms with E-state index in [2.05, 4.69) is 5.32 Å². The topological polar surface area (TPSA) is 87.8 Å². The van der Waals surface area contributed by atoms with Crippen LogP contribution in [-0.4, -0.2) is 22.1 Å². The molecule has 9 heteroatoms. The molecule has 2 heterocycles. The molecule has 2 aromatic heterocycles. The molecule has 0 spiro atoms. The summed E-state index contributed by atoms with van der Waals surface area (Å²) in [6, 6.07) is 4.89. The lowest BCUT2D eigenvalue weighted by atomic mass is 10.4. The van der Waals surface area contributed by atoms with E-state index >= 15 is 0 Å². The maximum Gasteiger partial charge on any atom is 0.336 e. The maximum absolute atomic E-state index is 13.0. The Hall–Kier alpha value is -2.48. The van der Waals surface area contributed by atoms with Crippen LogP contribution in [0.15, 0.2) is 46.4 Å². The Morgan fingerprint density at radius 3 is 2.64 bits per heavy atom. The van der Waals surface area contributed by atoms with Crippen LogP contribution in [0.4, 0.5) is 9.18 Å². The van der Waals surface area contributed by atoms with Crippen LogP contribution >= 0.6 is 0 Å². The van der Waals surface area contributed by atoms with Gasteiger partial charge in [0.1, 0.15) is 6.54 Å². The zero-order chi connectivity index (χ0) is 15.2. The molecular weight excluding hydrogens is 315 g/mol. The molecule has 0 aliphatic rings. The number of rotatable bonds is 4. The molecule has 0 aromatic carbocycles. The van der Waals surface area contributed by atoms with Crippen molar-refractivity contribution < 1.29 is 26.2 Å². The van der Waals surface area contributed by atoms with Crippen molar-refractivity contribution in [1.29, 1.82) is 0 Å². The Kier molecular flexibility index (Phi) is 6.46. The molecule has 0 saturated heterocycles. The zero-order valence-corrected chi connectivity index (χ0v) is 12.2. The fourth-order valence-corrected chi connectivity index (χ4v) is 1.72. The second-order valence-corrected chi connectivity index (χ2v) is 4.31. The number of aromatic amines is 1. The number of aromatic nitrogens is 3. The molecule has 2 N–H and O–H groups in total. The van der Waals surface area contributed by atoms with Crippen LogP contribution in [0.2, 0.25) is 0 Å². The van der Waals surface area contributed by atoms with E-state index in [9.17, 15) is 18.8 Å². The molecule has 2 rings (SSSR count). The van der Waals surface area contributed by atoms with E-state index in [0.717, 1.165) is 0 Å². The largest absolute Gasteiger partial charge is 1.00 e. The number of hydrogen-bond acceptors (Lipinski definition) is 3. The second-order valence-electron chi connectivity index (χ2n) is 4.31. The van der Waals surface area contributed by atoms with Crippen LogP contribution in [0, 0.1) is 5.82 Å². The summed E-state index contributed by atoms with van der Waals surface area (Å²) in [5.74, 6) is -1.19. The number of hydrogen-bond donors (Lipinski definition) is 2. The van der Waals surface area contributed by atoms with E-state index < -0.39 is 23.1 Å². The summed E-state index contributed by atoms with van der Waals surface area (Å²) in [5.41, 5.74) is -2.12. The average molecular weight is 329 g/mol. The average Bonchev–Trinajstić information content (AvgIpc) is 2.48. The molecule has 0 unspecified atom stereocenters. The van der Waals surface area contributed by atoms with Gasteiger partial charge in [-0.25, -0.2) is 18.7 Å². The van der Waals surface area contributed by atoms with Crippen molar-refractivity contribution >= 4 is 6.03 Å². The van der Waals surface area contributed by atoms with Crippen LogP contribution < -0.4 is 33.5 Å². The van der Waals surface area contributed by atoms with Gasteiger partial charge in [0, 0.05) is 25.1 Å². The molecule has 22 heavy (non-hydrogen) atoms. The first-order chi connectivity index (χ1) is 10.1. The Balaban J connectivity index is 0.00000242. The monoisotopic (exact) mass is 328 g/mol. The number of aryl methyl sites for hydroxylation is 1. The Bertz CT molecular complexity index is 745. The maximum atomic E-state index is 13.0. The number of amides is 1. The van der Waals surface area contributed by atoms with Crippen LogP contribution in [0.1, 0.15) is 6.42 Å². The summed E-state index contributed by atoms with van der Waals surface area (Å²) in [6.07, 6.45) is 5.00. The van der Waals surface area contributed by atoms with Gasteiger partial charge >= 0.3 is 11.7 Å². The molecule has 2 aromatic rings. The summed E-state index contributed by atoms with van der Waals surface area (Å²) in [5, 5.41) is 2.48. The van der Waals surface area contributed by atoms with Gasteiger partial charge in [0.05, 0.1) is 6.20 Å². The van der Waals surface area contributed by atoms with Crippen molar-refractivity contribution in [3.05, 3.63) is 63.4 Å². The molecule has 0 aliphatic heterocycles. The van der Waals surface area contributed by atoms with E-state index in [1.54, 1.807) is 4.98 Å². The van der Waals surface area contributed by atoms with E-state index in [0.29, 0.717) is 30.3 Å². The third-order valence-electron chi connectivity index (χ3n) is 2.76. The molecule has 118 valence electrons. The number of nitrogens with one attached hydrogen (secondary N) is 2. The third kappa shape index (κ3) is 4.52. The first-order valence-corrected chi connectivity index (χ1v) is 6.31. The van der Waals surface area contributed by atoms with Crippen molar-refractivity contribution in [3.63, 3.8) is 0 Å². The summed E-state index contributed by atoms with van der Waals surface area (Å²) >= 11 is 0. The highest BCUT2D eigenvalue weighted by atomic mass is 35.5. The molecule has 0 saturated carbocycles. The molecule has 1 amide bonds. The van der Waals surface area contributed by atoms with E-state index in [1.807, 2.05) is 35.2 Å². The van der Waals surface area contributed by atoms with Crippen LogP contribution in [0.3, 0.4) is 0 Å². The Labute approximate surface area is 130 Å². The van der Waals surface area contributed by atoms with Crippen molar-refractivity contribution in [2.45, 2.75) is 13.0 Å². The lowest BCUT2D eigenvalue weighted by Crippen LogP contribution is -3.00. The van der Waals surface area contributed by atoms with Gasteiger partial charge in [0.15, 0.2) is 12.4 Å². The van der Waals surface area contributed by atoms with Crippen molar-refractivity contribution in [2.75, 3.05) is 6.54 Å². The molecule has 0 radical (unpaired) electrons. The molecule has 7 nitrogen and oxygen atoms in total. The minimum atomic E-state index is -1.19. The predicted octanol–water partition coefficient (Wildman–Crippen LogP) is -3.38. The number of carbonyl (C=O) groups is 1. The minimum absolute atomic E-state index is 0. The number of carbonyl (C=O) groups excluding carboxylic acids is 1. The van der Waals surface area contributed by atoms with E-state index in [1.165, 1.54) is 0 Å². The molecule has 0 aliphatic carbocycles. The Morgan fingerprint density at radius 1 is 1.27 bits per heavy atom. The Morgan fingerprint density at radius 2 is 1.95 bits per heavy atom. The molecule has 0 bridgehead atoms. The van der Waals surface area contributed by atoms with Gasteiger partial charge in [-0.05, 0) is 0 Å². The summed E-state index contributed by atoms with van der Waals surface area (Å²) in [7, 11) is 0. The highest BCUT2D eigenvalue weighted by Gasteiger charge is 2.10. The normalized spacial score (nSPS) is 9.86. The van der Waals surface area contributed by atoms with Crippen LogP contribution in [0.25, 0.3) is 0 Å². The van der Waals surface area contributed by atoms with Crippen molar-refractivity contribution in [3.8, 4) is 0 Å². The quantitative estimate of drug-likeness (QED) is 0.453.